The molecule has 0 aliphatic carbocycles. The van der Waals surface area contributed by atoms with Gasteiger partial charge in [0, 0.05) is 21.5 Å². The van der Waals surface area contributed by atoms with E-state index in [0.29, 0.717) is 44.3 Å². The Balaban J connectivity index is 1.85. The SMILES string of the molecule is COc1cc(/C=N\n2c(=O)[nH]c3c([nH]c4ccc(Cl)cc43)c2=O)cc(OC)c1OC. The molecule has 2 aromatic heterocycles. The summed E-state index contributed by atoms with van der Waals surface area (Å²) in [5.41, 5.74) is 0.533. The first-order valence-corrected chi connectivity index (χ1v) is 9.15. The third-order valence-electron chi connectivity index (χ3n) is 4.60. The standard InChI is InChI=1S/C20H17ClN4O5/c1-28-14-6-10(7-15(29-2)18(14)30-3)9-22-25-19(26)17-16(24-20(25)27)12-8-11(21)4-5-13(12)23-17/h4-9,23H,1-3H3,(H,24,27)/b22-9-. The van der Waals surface area contributed by atoms with Crippen molar-refractivity contribution >= 4 is 39.8 Å². The number of hydrogen-bond donors (Lipinski definition) is 2. The van der Waals surface area contributed by atoms with Gasteiger partial charge in [-0.15, -0.1) is 4.68 Å². The van der Waals surface area contributed by atoms with Crippen molar-refractivity contribution in [3.05, 3.63) is 61.8 Å². The number of hydrogen-bond acceptors (Lipinski definition) is 6. The maximum atomic E-state index is 12.9. The Labute approximate surface area is 174 Å². The normalized spacial score (nSPS) is 11.5. The number of H-pyrrole nitrogens is 2. The largest absolute Gasteiger partial charge is 0.493 e. The first-order valence-electron chi connectivity index (χ1n) is 8.77. The van der Waals surface area contributed by atoms with E-state index in [9.17, 15) is 9.59 Å². The van der Waals surface area contributed by atoms with Crippen molar-refractivity contribution in [2.75, 3.05) is 21.3 Å². The van der Waals surface area contributed by atoms with Crippen LogP contribution in [0.25, 0.3) is 21.9 Å². The molecule has 4 rings (SSSR count). The van der Waals surface area contributed by atoms with Crippen LogP contribution in [0.2, 0.25) is 5.02 Å². The molecule has 10 heteroatoms. The maximum absolute atomic E-state index is 12.9. The van der Waals surface area contributed by atoms with Crippen molar-refractivity contribution in [1.82, 2.24) is 14.6 Å². The summed E-state index contributed by atoms with van der Waals surface area (Å²) in [6, 6.07) is 8.40. The average Bonchev–Trinajstić information content (AvgIpc) is 3.10. The second kappa shape index (κ2) is 7.60. The number of nitrogens with one attached hydrogen (secondary N) is 2. The van der Waals surface area contributed by atoms with Gasteiger partial charge in [-0.2, -0.15) is 5.10 Å². The number of halogens is 1. The second-order valence-corrected chi connectivity index (χ2v) is 6.75. The summed E-state index contributed by atoms with van der Waals surface area (Å²) in [6.45, 7) is 0. The molecule has 4 aromatic rings. The third kappa shape index (κ3) is 3.18. The van der Waals surface area contributed by atoms with E-state index >= 15 is 0 Å². The van der Waals surface area contributed by atoms with Crippen LogP contribution < -0.4 is 25.5 Å². The van der Waals surface area contributed by atoms with Gasteiger partial charge >= 0.3 is 11.2 Å². The van der Waals surface area contributed by atoms with Crippen LogP contribution in [0.1, 0.15) is 5.56 Å². The molecule has 0 radical (unpaired) electrons. The van der Waals surface area contributed by atoms with Gasteiger partial charge in [0.15, 0.2) is 11.5 Å². The molecule has 154 valence electrons. The predicted octanol–water partition coefficient (Wildman–Crippen LogP) is 2.73. The van der Waals surface area contributed by atoms with E-state index in [4.69, 9.17) is 25.8 Å². The van der Waals surface area contributed by atoms with E-state index in [2.05, 4.69) is 15.1 Å². The van der Waals surface area contributed by atoms with Crippen LogP contribution in [0.15, 0.2) is 45.0 Å². The number of fused-ring (bicyclic) bond motifs is 3. The summed E-state index contributed by atoms with van der Waals surface area (Å²) in [5, 5.41) is 5.20. The van der Waals surface area contributed by atoms with Gasteiger partial charge in [-0.05, 0) is 30.3 Å². The summed E-state index contributed by atoms with van der Waals surface area (Å²) in [7, 11) is 4.48. The Morgan fingerprint density at radius 3 is 2.30 bits per heavy atom. The Kier molecular flexibility index (Phi) is 4.96. The molecular weight excluding hydrogens is 412 g/mol. The van der Waals surface area contributed by atoms with Gasteiger partial charge in [-0.25, -0.2) is 4.79 Å². The van der Waals surface area contributed by atoms with E-state index in [-0.39, 0.29) is 5.52 Å². The van der Waals surface area contributed by atoms with Crippen LogP contribution in [-0.2, 0) is 0 Å². The molecular formula is C20H17ClN4O5. The van der Waals surface area contributed by atoms with Crippen molar-refractivity contribution in [2.24, 2.45) is 5.10 Å². The monoisotopic (exact) mass is 428 g/mol. The lowest BCUT2D eigenvalue weighted by Gasteiger charge is -2.12. The lowest BCUT2D eigenvalue weighted by atomic mass is 10.2. The van der Waals surface area contributed by atoms with E-state index in [1.54, 1.807) is 30.3 Å². The van der Waals surface area contributed by atoms with Crippen molar-refractivity contribution in [1.29, 1.82) is 0 Å². The summed E-state index contributed by atoms with van der Waals surface area (Å²) in [5.74, 6) is 1.26. The number of aromatic amines is 2. The van der Waals surface area contributed by atoms with Crippen molar-refractivity contribution in [3.8, 4) is 17.2 Å². The Morgan fingerprint density at radius 2 is 1.67 bits per heavy atom. The Hall–Kier alpha value is -3.72. The quantitative estimate of drug-likeness (QED) is 0.475. The van der Waals surface area contributed by atoms with Crippen LogP contribution in [-0.4, -0.2) is 42.2 Å². The Morgan fingerprint density at radius 1 is 0.967 bits per heavy atom. The molecule has 0 aliphatic rings. The molecule has 0 amide bonds. The van der Waals surface area contributed by atoms with Gasteiger partial charge in [-0.3, -0.25) is 4.79 Å². The predicted molar refractivity (Wildman–Crippen MR) is 115 cm³/mol. The maximum Gasteiger partial charge on any atom is 0.350 e. The molecule has 0 fully saturated rings. The molecule has 2 heterocycles. The van der Waals surface area contributed by atoms with Gasteiger partial charge in [-0.1, -0.05) is 11.6 Å². The molecule has 0 aliphatic heterocycles. The van der Waals surface area contributed by atoms with Gasteiger partial charge in [0.25, 0.3) is 0 Å². The number of methoxy groups -OCH3 is 3. The molecule has 0 saturated heterocycles. The fourth-order valence-electron chi connectivity index (χ4n) is 3.22. The molecule has 0 unspecified atom stereocenters. The number of rotatable bonds is 5. The smallest absolute Gasteiger partial charge is 0.350 e. The second-order valence-electron chi connectivity index (χ2n) is 6.32. The third-order valence-corrected chi connectivity index (χ3v) is 4.84. The van der Waals surface area contributed by atoms with Crippen molar-refractivity contribution in [3.63, 3.8) is 0 Å². The zero-order chi connectivity index (χ0) is 21.4. The molecule has 2 aromatic carbocycles. The summed E-state index contributed by atoms with van der Waals surface area (Å²) >= 11 is 6.03. The van der Waals surface area contributed by atoms with Gasteiger partial charge in [0.1, 0.15) is 5.52 Å². The molecule has 30 heavy (non-hydrogen) atoms. The van der Waals surface area contributed by atoms with Crippen molar-refractivity contribution in [2.45, 2.75) is 0 Å². The molecule has 0 saturated carbocycles. The van der Waals surface area contributed by atoms with Crippen LogP contribution >= 0.6 is 11.6 Å². The first-order chi connectivity index (χ1) is 14.5. The van der Waals surface area contributed by atoms with Gasteiger partial charge in [0.2, 0.25) is 5.75 Å². The van der Waals surface area contributed by atoms with Crippen LogP contribution in [0, 0.1) is 0 Å². The minimum atomic E-state index is -0.683. The zero-order valence-electron chi connectivity index (χ0n) is 16.3. The van der Waals surface area contributed by atoms with Gasteiger partial charge < -0.3 is 24.2 Å². The molecule has 9 nitrogen and oxygen atoms in total. The van der Waals surface area contributed by atoms with E-state index in [1.165, 1.54) is 27.5 Å². The summed E-state index contributed by atoms with van der Waals surface area (Å²) in [4.78, 5) is 31.1. The fraction of sp³-hybridized carbons (Fsp3) is 0.150. The minimum Gasteiger partial charge on any atom is -0.493 e. The first kappa shape index (κ1) is 19.6. The van der Waals surface area contributed by atoms with Crippen molar-refractivity contribution < 1.29 is 14.2 Å². The highest BCUT2D eigenvalue weighted by atomic mass is 35.5. The zero-order valence-corrected chi connectivity index (χ0v) is 17.0. The summed E-state index contributed by atoms with van der Waals surface area (Å²) in [6.07, 6.45) is 1.35. The number of aromatic nitrogens is 3. The number of benzene rings is 2. The van der Waals surface area contributed by atoms with E-state index in [1.807, 2.05) is 0 Å². The fourth-order valence-corrected chi connectivity index (χ4v) is 3.39. The molecule has 2 N–H and O–H groups in total. The van der Waals surface area contributed by atoms with Crippen LogP contribution in [0.3, 0.4) is 0 Å². The molecule has 0 bridgehead atoms. The van der Waals surface area contributed by atoms with Gasteiger partial charge in [0.05, 0.1) is 33.1 Å². The Bertz CT molecular complexity index is 1390. The van der Waals surface area contributed by atoms with E-state index < -0.39 is 11.2 Å². The molecule has 0 atom stereocenters. The van der Waals surface area contributed by atoms with E-state index in [0.717, 1.165) is 4.68 Å². The topological polar surface area (TPSA) is 111 Å². The number of ether oxygens (including phenoxy) is 3. The minimum absolute atomic E-state index is 0.217. The van der Waals surface area contributed by atoms with Crippen LogP contribution in [0.5, 0.6) is 17.2 Å². The highest BCUT2D eigenvalue weighted by Crippen LogP contribution is 2.37. The lowest BCUT2D eigenvalue weighted by Crippen LogP contribution is -2.32. The average molecular weight is 429 g/mol. The van der Waals surface area contributed by atoms with Crippen LogP contribution in [0.4, 0.5) is 0 Å². The highest BCUT2D eigenvalue weighted by molar-refractivity contribution is 6.31. The molecule has 0 spiro atoms. The lowest BCUT2D eigenvalue weighted by molar-refractivity contribution is 0.324. The number of nitrogens with zero attached hydrogens (tertiary/aromatic N) is 2. The summed E-state index contributed by atoms with van der Waals surface area (Å²) < 4.78 is 16.6. The highest BCUT2D eigenvalue weighted by Gasteiger charge is 2.14.